The third-order valence-corrected chi connectivity index (χ3v) is 6.36. The Labute approximate surface area is 190 Å². The molecule has 2 aliphatic rings. The van der Waals surface area contributed by atoms with Gasteiger partial charge >= 0.3 is 0 Å². The third-order valence-electron chi connectivity index (χ3n) is 6.36. The van der Waals surface area contributed by atoms with E-state index in [4.69, 9.17) is 14.6 Å². The molecule has 8 nitrogen and oxygen atoms in total. The van der Waals surface area contributed by atoms with E-state index in [-0.39, 0.29) is 30.2 Å². The van der Waals surface area contributed by atoms with Crippen molar-refractivity contribution in [1.29, 1.82) is 0 Å². The first-order valence-electron chi connectivity index (χ1n) is 11.4. The average molecular weight is 448 g/mol. The molecule has 2 N–H and O–H groups in total. The molecule has 1 aromatic rings. The number of amides is 2. The van der Waals surface area contributed by atoms with Crippen LogP contribution in [0, 0.1) is 5.92 Å². The summed E-state index contributed by atoms with van der Waals surface area (Å²) in [6.07, 6.45) is 4.57. The lowest BCUT2D eigenvalue weighted by molar-refractivity contribution is -0.136. The van der Waals surface area contributed by atoms with Crippen LogP contribution in [0.1, 0.15) is 43.6 Å². The zero-order valence-electron chi connectivity index (χ0n) is 19.2. The highest BCUT2D eigenvalue weighted by Gasteiger charge is 2.30. The monoisotopic (exact) mass is 447 g/mol. The molecule has 178 valence electrons. The number of ether oxygens (including phenoxy) is 1. The summed E-state index contributed by atoms with van der Waals surface area (Å²) in [4.78, 5) is 37.4. The molecule has 1 aromatic carbocycles. The van der Waals surface area contributed by atoms with Crippen molar-refractivity contribution in [3.8, 4) is 0 Å². The maximum atomic E-state index is 12.5. The van der Waals surface area contributed by atoms with Gasteiger partial charge in [-0.1, -0.05) is 30.3 Å². The first-order chi connectivity index (χ1) is 15.5. The van der Waals surface area contributed by atoms with Crippen molar-refractivity contribution in [2.24, 2.45) is 5.92 Å². The minimum Gasteiger partial charge on any atom is -0.483 e. The number of carboxylic acid groups (broad SMARTS) is 1. The Morgan fingerprint density at radius 3 is 2.47 bits per heavy atom. The Morgan fingerprint density at radius 2 is 1.84 bits per heavy atom. The molecule has 0 radical (unpaired) electrons. The van der Waals surface area contributed by atoms with E-state index in [0.29, 0.717) is 25.6 Å². The number of benzene rings is 1. The van der Waals surface area contributed by atoms with Gasteiger partial charge in [0.05, 0.1) is 13.2 Å². The molecule has 1 heterocycles. The number of hydrogen-bond acceptors (Lipinski definition) is 5. The summed E-state index contributed by atoms with van der Waals surface area (Å²) in [7, 11) is 3.49. The normalized spacial score (nSPS) is 23.0. The van der Waals surface area contributed by atoms with Crippen LogP contribution in [0.15, 0.2) is 30.3 Å². The third kappa shape index (κ3) is 8.24. The van der Waals surface area contributed by atoms with Crippen molar-refractivity contribution in [2.45, 2.75) is 44.1 Å². The van der Waals surface area contributed by atoms with Gasteiger partial charge in [-0.2, -0.15) is 0 Å². The predicted molar refractivity (Wildman–Crippen MR) is 122 cm³/mol. The van der Waals surface area contributed by atoms with Crippen molar-refractivity contribution in [3.63, 3.8) is 0 Å². The summed E-state index contributed by atoms with van der Waals surface area (Å²) in [6, 6.07) is 10.8. The quantitative estimate of drug-likeness (QED) is 0.591. The fraction of sp³-hybridized carbons (Fsp3) is 0.625. The Kier molecular flexibility index (Phi) is 11.2. The van der Waals surface area contributed by atoms with Gasteiger partial charge in [-0.15, -0.1) is 0 Å². The first-order valence-corrected chi connectivity index (χ1v) is 11.4. The maximum Gasteiger partial charge on any atom is 0.290 e. The summed E-state index contributed by atoms with van der Waals surface area (Å²) in [5, 5.41) is 10.1. The molecule has 2 fully saturated rings. The second-order valence-electron chi connectivity index (χ2n) is 8.61. The highest BCUT2D eigenvalue weighted by molar-refractivity contribution is 5.79. The van der Waals surface area contributed by atoms with Gasteiger partial charge in [0, 0.05) is 39.2 Å². The number of hydrogen-bond donors (Lipinski definition) is 2. The van der Waals surface area contributed by atoms with Crippen molar-refractivity contribution >= 4 is 18.3 Å². The van der Waals surface area contributed by atoms with E-state index in [0.717, 1.165) is 45.2 Å². The highest BCUT2D eigenvalue weighted by Crippen LogP contribution is 2.27. The van der Waals surface area contributed by atoms with E-state index < -0.39 is 0 Å². The molecule has 3 rings (SSSR count). The van der Waals surface area contributed by atoms with Crippen LogP contribution in [-0.2, 0) is 19.1 Å². The van der Waals surface area contributed by atoms with Crippen molar-refractivity contribution < 1.29 is 24.2 Å². The summed E-state index contributed by atoms with van der Waals surface area (Å²) < 4.78 is 5.05. The van der Waals surface area contributed by atoms with Gasteiger partial charge in [-0.3, -0.25) is 19.3 Å². The van der Waals surface area contributed by atoms with Gasteiger partial charge in [0.2, 0.25) is 11.8 Å². The second-order valence-corrected chi connectivity index (χ2v) is 8.61. The Balaban J connectivity index is 0.00000114. The summed E-state index contributed by atoms with van der Waals surface area (Å²) in [5.74, 6) is 0.928. The smallest absolute Gasteiger partial charge is 0.290 e. The molecule has 1 atom stereocenters. The zero-order valence-corrected chi connectivity index (χ0v) is 19.2. The number of methoxy groups -OCH3 is 1. The Bertz CT molecular complexity index is 707. The fourth-order valence-corrected chi connectivity index (χ4v) is 4.58. The number of carbonyl (C=O) groups excluding carboxylic acids is 2. The van der Waals surface area contributed by atoms with Crippen LogP contribution in [0.2, 0.25) is 0 Å². The molecule has 2 amide bonds. The first kappa shape index (κ1) is 25.8. The second kappa shape index (κ2) is 13.9. The van der Waals surface area contributed by atoms with E-state index in [1.165, 1.54) is 5.56 Å². The molecule has 1 aliphatic carbocycles. The van der Waals surface area contributed by atoms with Gasteiger partial charge in [0.25, 0.3) is 6.47 Å². The number of nitrogens with zero attached hydrogens (tertiary/aromatic N) is 2. The van der Waals surface area contributed by atoms with Crippen LogP contribution in [-0.4, -0.2) is 86.2 Å². The van der Waals surface area contributed by atoms with E-state index in [9.17, 15) is 9.59 Å². The van der Waals surface area contributed by atoms with E-state index >= 15 is 0 Å². The molecular weight excluding hydrogens is 410 g/mol. The molecule has 0 spiro atoms. The van der Waals surface area contributed by atoms with Crippen LogP contribution >= 0.6 is 0 Å². The van der Waals surface area contributed by atoms with E-state index in [2.05, 4.69) is 34.5 Å². The summed E-state index contributed by atoms with van der Waals surface area (Å²) >= 11 is 0. The number of carbonyl (C=O) groups is 3. The molecule has 1 unspecified atom stereocenters. The van der Waals surface area contributed by atoms with Crippen molar-refractivity contribution in [3.05, 3.63) is 35.9 Å². The molecular formula is C24H37N3O5. The van der Waals surface area contributed by atoms with Crippen LogP contribution < -0.4 is 5.32 Å². The minimum absolute atomic E-state index is 0.0789. The van der Waals surface area contributed by atoms with Crippen LogP contribution in [0.4, 0.5) is 0 Å². The van der Waals surface area contributed by atoms with Crippen molar-refractivity contribution in [1.82, 2.24) is 15.1 Å². The van der Waals surface area contributed by atoms with E-state index in [1.54, 1.807) is 12.0 Å². The summed E-state index contributed by atoms with van der Waals surface area (Å²) in [5.41, 5.74) is 1.37. The molecule has 0 bridgehead atoms. The summed E-state index contributed by atoms with van der Waals surface area (Å²) in [6.45, 7) is 3.34. The standard InChI is InChI=1S/C23H35N3O3.CH2O2/c1-25(14-15-29-2)23(28)19-8-10-21(11-9-19)24-22(27)17-26-13-12-20(16-26)18-6-4-3-5-7-18;2-1-3/h3-7,19-21H,8-17H2,1-2H3,(H,24,27);1H,(H,2,3). The number of nitrogens with one attached hydrogen (secondary N) is 1. The lowest BCUT2D eigenvalue weighted by Crippen LogP contribution is -2.44. The van der Waals surface area contributed by atoms with Gasteiger partial charge in [0.1, 0.15) is 0 Å². The van der Waals surface area contributed by atoms with Crippen LogP contribution in [0.5, 0.6) is 0 Å². The largest absolute Gasteiger partial charge is 0.483 e. The zero-order chi connectivity index (χ0) is 23.3. The number of likely N-dealkylation sites (N-methyl/N-ethyl adjacent to an activating group) is 1. The maximum absolute atomic E-state index is 12.5. The molecule has 1 saturated carbocycles. The molecule has 1 aliphatic heterocycles. The predicted octanol–water partition coefficient (Wildman–Crippen LogP) is 1.96. The Hall–Kier alpha value is -2.45. The minimum atomic E-state index is -0.250. The van der Waals surface area contributed by atoms with Gasteiger partial charge in [-0.05, 0) is 50.1 Å². The number of rotatable bonds is 8. The molecule has 32 heavy (non-hydrogen) atoms. The molecule has 0 aromatic heterocycles. The molecule has 1 saturated heterocycles. The van der Waals surface area contributed by atoms with Gasteiger partial charge in [0.15, 0.2) is 0 Å². The fourth-order valence-electron chi connectivity index (χ4n) is 4.58. The van der Waals surface area contributed by atoms with E-state index in [1.807, 2.05) is 13.1 Å². The van der Waals surface area contributed by atoms with Crippen LogP contribution in [0.3, 0.4) is 0 Å². The van der Waals surface area contributed by atoms with Crippen molar-refractivity contribution in [2.75, 3.05) is 46.9 Å². The average Bonchev–Trinajstić information content (AvgIpc) is 3.27. The number of likely N-dealkylation sites (tertiary alicyclic amines) is 1. The SMILES string of the molecule is COCCN(C)C(=O)C1CCC(NC(=O)CN2CCC(c3ccccc3)C2)CC1.O=CO. The lowest BCUT2D eigenvalue weighted by Gasteiger charge is -2.31. The highest BCUT2D eigenvalue weighted by atomic mass is 16.5. The van der Waals surface area contributed by atoms with Crippen LogP contribution in [0.25, 0.3) is 0 Å². The molecule has 8 heteroatoms. The van der Waals surface area contributed by atoms with Gasteiger partial charge < -0.3 is 20.1 Å². The van der Waals surface area contributed by atoms with Gasteiger partial charge in [-0.25, -0.2) is 0 Å². The Morgan fingerprint density at radius 1 is 1.19 bits per heavy atom. The lowest BCUT2D eigenvalue weighted by atomic mass is 9.85. The topological polar surface area (TPSA) is 99.2 Å².